The number of fused-ring (bicyclic) bond motifs is 1. The van der Waals surface area contributed by atoms with E-state index >= 15 is 0 Å². The maximum atomic E-state index is 11.1. The Balaban J connectivity index is 2.08. The smallest absolute Gasteiger partial charge is 0.335 e. The summed E-state index contributed by atoms with van der Waals surface area (Å²) in [6, 6.07) is 5.48. The molecule has 0 unspecified atom stereocenters. The third-order valence-electron chi connectivity index (χ3n) is 4.31. The van der Waals surface area contributed by atoms with Gasteiger partial charge in [0, 0.05) is 24.1 Å². The molecule has 3 heteroatoms. The molecule has 0 radical (unpaired) electrons. The molecule has 1 aliphatic carbocycles. The van der Waals surface area contributed by atoms with Crippen molar-refractivity contribution in [1.82, 2.24) is 4.57 Å². The molecule has 0 spiro atoms. The van der Waals surface area contributed by atoms with Crippen molar-refractivity contribution in [2.75, 3.05) is 0 Å². The maximum Gasteiger partial charge on any atom is 0.335 e. The first-order valence-corrected chi connectivity index (χ1v) is 6.99. The Bertz CT molecular complexity index is 621. The van der Waals surface area contributed by atoms with Crippen molar-refractivity contribution in [3.63, 3.8) is 0 Å². The molecule has 2 aromatic rings. The van der Waals surface area contributed by atoms with Crippen molar-refractivity contribution in [3.05, 3.63) is 35.5 Å². The van der Waals surface area contributed by atoms with E-state index in [2.05, 4.69) is 10.8 Å². The van der Waals surface area contributed by atoms with E-state index in [1.165, 1.54) is 43.1 Å². The lowest BCUT2D eigenvalue weighted by Crippen LogP contribution is -2.03. The van der Waals surface area contributed by atoms with Crippen LogP contribution in [-0.4, -0.2) is 15.6 Å². The first-order chi connectivity index (χ1) is 9.16. The number of hydrogen-bond donors (Lipinski definition) is 1. The molecule has 100 valence electrons. The van der Waals surface area contributed by atoms with Crippen LogP contribution in [0.25, 0.3) is 10.9 Å². The number of hydrogen-bond acceptors (Lipinski definition) is 1. The summed E-state index contributed by atoms with van der Waals surface area (Å²) < 4.78 is 2.06. The summed E-state index contributed by atoms with van der Waals surface area (Å²) in [6.45, 7) is 0. The van der Waals surface area contributed by atoms with Crippen LogP contribution < -0.4 is 0 Å². The fourth-order valence-electron chi connectivity index (χ4n) is 3.29. The lowest BCUT2D eigenvalue weighted by atomic mass is 9.84. The van der Waals surface area contributed by atoms with Crippen LogP contribution >= 0.6 is 0 Å². The molecule has 1 N–H and O–H groups in total. The summed E-state index contributed by atoms with van der Waals surface area (Å²) in [5.41, 5.74) is 2.79. The molecule has 1 aromatic carbocycles. The Labute approximate surface area is 112 Å². The van der Waals surface area contributed by atoms with Crippen LogP contribution in [-0.2, 0) is 7.05 Å². The number of nitrogens with zero attached hydrogens (tertiary/aromatic N) is 1. The van der Waals surface area contributed by atoms with Crippen LogP contribution in [0.5, 0.6) is 0 Å². The zero-order valence-electron chi connectivity index (χ0n) is 11.2. The molecule has 3 rings (SSSR count). The van der Waals surface area contributed by atoms with Gasteiger partial charge in [0.15, 0.2) is 0 Å². The van der Waals surface area contributed by atoms with Crippen molar-refractivity contribution >= 4 is 16.9 Å². The zero-order chi connectivity index (χ0) is 13.4. The molecule has 19 heavy (non-hydrogen) atoms. The lowest BCUT2D eigenvalue weighted by Gasteiger charge is -2.21. The first-order valence-electron chi connectivity index (χ1n) is 6.99. The second-order valence-electron chi connectivity index (χ2n) is 5.57. The molecule has 0 amide bonds. The molecule has 0 aliphatic heterocycles. The fraction of sp³-hybridized carbons (Fsp3) is 0.438. The number of aromatic carboxylic acids is 1. The minimum absolute atomic E-state index is 0.365. The standard InChI is InChI=1S/C16H19NO2/c1-17-10-14(11-5-3-2-4-6-11)13-8-7-12(16(18)19)9-15(13)17/h7-11H,2-6H2,1H3,(H,18,19). The molecule has 0 bridgehead atoms. The number of rotatable bonds is 2. The van der Waals surface area contributed by atoms with Gasteiger partial charge in [-0.05, 0) is 36.5 Å². The second-order valence-corrected chi connectivity index (χ2v) is 5.57. The van der Waals surface area contributed by atoms with Crippen molar-refractivity contribution in [2.24, 2.45) is 7.05 Å². The van der Waals surface area contributed by atoms with E-state index < -0.39 is 5.97 Å². The van der Waals surface area contributed by atoms with E-state index in [4.69, 9.17) is 5.11 Å². The van der Waals surface area contributed by atoms with Crippen LogP contribution in [0.1, 0.15) is 53.9 Å². The predicted molar refractivity (Wildman–Crippen MR) is 75.7 cm³/mol. The summed E-state index contributed by atoms with van der Waals surface area (Å²) in [5, 5.41) is 10.3. The number of aryl methyl sites for hydroxylation is 1. The Morgan fingerprint density at radius 2 is 2.00 bits per heavy atom. The Hall–Kier alpha value is -1.77. The van der Waals surface area contributed by atoms with Gasteiger partial charge in [-0.1, -0.05) is 25.3 Å². The van der Waals surface area contributed by atoms with E-state index in [1.807, 2.05) is 13.1 Å². The Morgan fingerprint density at radius 3 is 2.68 bits per heavy atom. The third kappa shape index (κ3) is 2.14. The van der Waals surface area contributed by atoms with Crippen LogP contribution in [0.3, 0.4) is 0 Å². The summed E-state index contributed by atoms with van der Waals surface area (Å²) in [7, 11) is 2.00. The van der Waals surface area contributed by atoms with Crippen LogP contribution in [0.15, 0.2) is 24.4 Å². The van der Waals surface area contributed by atoms with Crippen molar-refractivity contribution in [3.8, 4) is 0 Å². The molecule has 3 nitrogen and oxygen atoms in total. The van der Waals surface area contributed by atoms with Gasteiger partial charge in [-0.15, -0.1) is 0 Å². The molecule has 0 atom stereocenters. The summed E-state index contributed by atoms with van der Waals surface area (Å²) in [6.07, 6.45) is 8.69. The van der Waals surface area contributed by atoms with Crippen LogP contribution in [0.4, 0.5) is 0 Å². The molecule has 1 heterocycles. The SMILES string of the molecule is Cn1cc(C2CCCCC2)c2ccc(C(=O)O)cc21. The highest BCUT2D eigenvalue weighted by molar-refractivity contribution is 5.94. The zero-order valence-corrected chi connectivity index (χ0v) is 11.2. The van der Waals surface area contributed by atoms with Gasteiger partial charge < -0.3 is 9.67 Å². The van der Waals surface area contributed by atoms with Gasteiger partial charge in [-0.3, -0.25) is 0 Å². The van der Waals surface area contributed by atoms with Crippen molar-refractivity contribution < 1.29 is 9.90 Å². The van der Waals surface area contributed by atoms with E-state index in [1.54, 1.807) is 12.1 Å². The minimum atomic E-state index is -0.859. The highest BCUT2D eigenvalue weighted by Gasteiger charge is 2.20. The van der Waals surface area contributed by atoms with Gasteiger partial charge in [-0.2, -0.15) is 0 Å². The van der Waals surface area contributed by atoms with Gasteiger partial charge >= 0.3 is 5.97 Å². The monoisotopic (exact) mass is 257 g/mol. The first kappa shape index (κ1) is 12.3. The van der Waals surface area contributed by atoms with E-state index in [9.17, 15) is 4.79 Å². The van der Waals surface area contributed by atoms with Gasteiger partial charge in [-0.25, -0.2) is 4.79 Å². The minimum Gasteiger partial charge on any atom is -0.478 e. The summed E-state index contributed by atoms with van der Waals surface area (Å²) in [5.74, 6) is -0.213. The number of carbonyl (C=O) groups is 1. The van der Waals surface area contributed by atoms with E-state index in [-0.39, 0.29) is 0 Å². The molecule has 1 aromatic heterocycles. The Kier molecular flexibility index (Phi) is 3.05. The van der Waals surface area contributed by atoms with Gasteiger partial charge in [0.1, 0.15) is 0 Å². The highest BCUT2D eigenvalue weighted by atomic mass is 16.4. The van der Waals surface area contributed by atoms with Gasteiger partial charge in [0.05, 0.1) is 5.56 Å². The van der Waals surface area contributed by atoms with Crippen molar-refractivity contribution in [2.45, 2.75) is 38.0 Å². The third-order valence-corrected chi connectivity index (χ3v) is 4.31. The van der Waals surface area contributed by atoms with Crippen LogP contribution in [0.2, 0.25) is 0 Å². The molecular formula is C16H19NO2. The lowest BCUT2D eigenvalue weighted by molar-refractivity contribution is 0.0697. The molecule has 1 saturated carbocycles. The number of aromatic nitrogens is 1. The molecule has 0 saturated heterocycles. The largest absolute Gasteiger partial charge is 0.478 e. The quantitative estimate of drug-likeness (QED) is 0.885. The normalized spacial score (nSPS) is 16.9. The summed E-state index contributed by atoms with van der Waals surface area (Å²) in [4.78, 5) is 11.1. The van der Waals surface area contributed by atoms with Crippen LogP contribution in [0, 0.1) is 0 Å². The molecule has 1 aliphatic rings. The van der Waals surface area contributed by atoms with Gasteiger partial charge in [0.2, 0.25) is 0 Å². The number of carboxylic acids is 1. The second kappa shape index (κ2) is 4.72. The van der Waals surface area contributed by atoms with Gasteiger partial charge in [0.25, 0.3) is 0 Å². The maximum absolute atomic E-state index is 11.1. The Morgan fingerprint density at radius 1 is 1.26 bits per heavy atom. The van der Waals surface area contributed by atoms with E-state index in [0.717, 1.165) is 5.52 Å². The van der Waals surface area contributed by atoms with E-state index in [0.29, 0.717) is 11.5 Å². The molecular weight excluding hydrogens is 238 g/mol. The summed E-state index contributed by atoms with van der Waals surface area (Å²) >= 11 is 0. The number of benzene rings is 1. The predicted octanol–water partition coefficient (Wildman–Crippen LogP) is 3.92. The topological polar surface area (TPSA) is 42.2 Å². The average Bonchev–Trinajstić information content (AvgIpc) is 2.77. The average molecular weight is 257 g/mol. The van der Waals surface area contributed by atoms with Crippen molar-refractivity contribution in [1.29, 1.82) is 0 Å². The highest BCUT2D eigenvalue weighted by Crippen LogP contribution is 2.37. The molecule has 1 fully saturated rings. The fourth-order valence-corrected chi connectivity index (χ4v) is 3.29. The number of carboxylic acid groups (broad SMARTS) is 1.